The van der Waals surface area contributed by atoms with Gasteiger partial charge in [-0.1, -0.05) is 6.07 Å². The summed E-state index contributed by atoms with van der Waals surface area (Å²) in [4.78, 5) is 0.321. The third-order valence-corrected chi connectivity index (χ3v) is 4.07. The maximum atomic E-state index is 12.0. The summed E-state index contributed by atoms with van der Waals surface area (Å²) in [5, 5.41) is 8.63. The van der Waals surface area contributed by atoms with Crippen LogP contribution < -0.4 is 4.72 Å². The van der Waals surface area contributed by atoms with Crippen molar-refractivity contribution in [2.75, 3.05) is 13.2 Å². The predicted octanol–water partition coefficient (Wildman–Crippen LogP) is 1.74. The normalized spacial score (nSPS) is 11.7. The number of sulfonamides is 1. The Morgan fingerprint density at radius 3 is 2.22 bits per heavy atom. The molecule has 0 spiro atoms. The summed E-state index contributed by atoms with van der Waals surface area (Å²) in [5.74, 6) is 0. The number of hydrogen-bond donors (Lipinski definition) is 2. The second-order valence-electron chi connectivity index (χ2n) is 4.51. The lowest BCUT2D eigenvalue weighted by atomic mass is 10.2. The number of aliphatic hydroxyl groups excluding tert-OH is 1. The van der Waals surface area contributed by atoms with Gasteiger partial charge in [0.15, 0.2) is 0 Å². The molecule has 18 heavy (non-hydrogen) atoms. The van der Waals surface area contributed by atoms with E-state index >= 15 is 0 Å². The minimum Gasteiger partial charge on any atom is -0.396 e. The molecule has 0 aliphatic carbocycles. The van der Waals surface area contributed by atoms with Gasteiger partial charge in [-0.3, -0.25) is 0 Å². The zero-order chi connectivity index (χ0) is 13.6. The molecule has 5 heteroatoms. The predicted molar refractivity (Wildman–Crippen MR) is 72.0 cm³/mol. The Kier molecular flexibility index (Phi) is 5.78. The first-order valence-corrected chi connectivity index (χ1v) is 7.63. The molecule has 0 bridgehead atoms. The maximum absolute atomic E-state index is 12.0. The Hall–Kier alpha value is -0.910. The summed E-state index contributed by atoms with van der Waals surface area (Å²) in [5.41, 5.74) is 1.88. The lowest BCUT2D eigenvalue weighted by Gasteiger charge is -2.08. The van der Waals surface area contributed by atoms with E-state index in [-0.39, 0.29) is 6.61 Å². The second kappa shape index (κ2) is 6.87. The highest BCUT2D eigenvalue weighted by atomic mass is 32.2. The summed E-state index contributed by atoms with van der Waals surface area (Å²) in [6.45, 7) is 4.33. The third kappa shape index (κ3) is 4.76. The summed E-state index contributed by atoms with van der Waals surface area (Å²) >= 11 is 0. The largest absolute Gasteiger partial charge is 0.396 e. The van der Waals surface area contributed by atoms with Crippen molar-refractivity contribution in [2.45, 2.75) is 38.0 Å². The van der Waals surface area contributed by atoms with Crippen molar-refractivity contribution in [1.29, 1.82) is 0 Å². The highest BCUT2D eigenvalue weighted by Gasteiger charge is 2.13. The van der Waals surface area contributed by atoms with Crippen LogP contribution in [0.5, 0.6) is 0 Å². The van der Waals surface area contributed by atoms with Gasteiger partial charge >= 0.3 is 0 Å². The zero-order valence-electron chi connectivity index (χ0n) is 10.9. The third-order valence-electron chi connectivity index (χ3n) is 2.63. The molecule has 2 N–H and O–H groups in total. The molecule has 4 nitrogen and oxygen atoms in total. The lowest BCUT2D eigenvalue weighted by Crippen LogP contribution is -2.25. The first-order chi connectivity index (χ1) is 8.45. The molecule has 1 aromatic rings. The standard InChI is InChI=1S/C13H21NO3S/c1-11-8-12(2)10-13(9-11)18(16,17)14-6-4-3-5-7-15/h8-10,14-15H,3-7H2,1-2H3. The molecule has 102 valence electrons. The second-order valence-corrected chi connectivity index (χ2v) is 6.27. The van der Waals surface area contributed by atoms with E-state index < -0.39 is 10.0 Å². The lowest BCUT2D eigenvalue weighted by molar-refractivity contribution is 0.283. The van der Waals surface area contributed by atoms with E-state index in [1.807, 2.05) is 19.9 Å². The summed E-state index contributed by atoms with van der Waals surface area (Å²) in [6, 6.07) is 5.28. The molecule has 1 aromatic carbocycles. The number of benzene rings is 1. The van der Waals surface area contributed by atoms with E-state index in [9.17, 15) is 8.42 Å². The van der Waals surface area contributed by atoms with E-state index in [0.717, 1.165) is 24.0 Å². The maximum Gasteiger partial charge on any atom is 0.240 e. The molecule has 0 aromatic heterocycles. The quantitative estimate of drug-likeness (QED) is 0.742. The van der Waals surface area contributed by atoms with Gasteiger partial charge < -0.3 is 5.11 Å². The minimum atomic E-state index is -3.40. The van der Waals surface area contributed by atoms with Crippen LogP contribution in [-0.4, -0.2) is 26.7 Å². The number of rotatable bonds is 7. The van der Waals surface area contributed by atoms with Gasteiger partial charge in [0.25, 0.3) is 0 Å². The summed E-state index contributed by atoms with van der Waals surface area (Å²) < 4.78 is 26.6. The van der Waals surface area contributed by atoms with Crippen molar-refractivity contribution < 1.29 is 13.5 Å². The van der Waals surface area contributed by atoms with Crippen LogP contribution in [0.2, 0.25) is 0 Å². The summed E-state index contributed by atoms with van der Waals surface area (Å²) in [6.07, 6.45) is 2.28. The van der Waals surface area contributed by atoms with Crippen molar-refractivity contribution in [1.82, 2.24) is 4.72 Å². The van der Waals surface area contributed by atoms with Crippen LogP contribution in [0, 0.1) is 13.8 Å². The highest BCUT2D eigenvalue weighted by molar-refractivity contribution is 7.89. The monoisotopic (exact) mass is 271 g/mol. The van der Waals surface area contributed by atoms with E-state index in [4.69, 9.17) is 5.11 Å². The first-order valence-electron chi connectivity index (χ1n) is 6.14. The molecule has 0 heterocycles. The van der Waals surface area contributed by atoms with Crippen molar-refractivity contribution in [3.05, 3.63) is 29.3 Å². The van der Waals surface area contributed by atoms with Gasteiger partial charge in [0, 0.05) is 13.2 Å². The van der Waals surface area contributed by atoms with Crippen molar-refractivity contribution in [3.63, 3.8) is 0 Å². The van der Waals surface area contributed by atoms with Gasteiger partial charge in [-0.15, -0.1) is 0 Å². The van der Waals surface area contributed by atoms with Crippen molar-refractivity contribution in [3.8, 4) is 0 Å². The fourth-order valence-electron chi connectivity index (χ4n) is 1.79. The molecular formula is C13H21NO3S. The van der Waals surface area contributed by atoms with Gasteiger partial charge in [-0.25, -0.2) is 13.1 Å². The molecule has 0 amide bonds. The molecule has 0 aliphatic heterocycles. The molecule has 0 saturated carbocycles. The van der Waals surface area contributed by atoms with E-state index in [0.29, 0.717) is 17.9 Å². The Morgan fingerprint density at radius 1 is 1.06 bits per heavy atom. The van der Waals surface area contributed by atoms with Crippen LogP contribution in [0.15, 0.2) is 23.1 Å². The van der Waals surface area contributed by atoms with Gasteiger partial charge in [0.1, 0.15) is 0 Å². The van der Waals surface area contributed by atoms with Crippen LogP contribution in [0.25, 0.3) is 0 Å². The fourth-order valence-corrected chi connectivity index (χ4v) is 3.05. The van der Waals surface area contributed by atoms with Gasteiger partial charge in [0.05, 0.1) is 4.90 Å². The SMILES string of the molecule is Cc1cc(C)cc(S(=O)(=O)NCCCCCO)c1. The number of unbranched alkanes of at least 4 members (excludes halogenated alkanes) is 2. The Balaban J connectivity index is 2.63. The van der Waals surface area contributed by atoms with Crippen molar-refractivity contribution >= 4 is 10.0 Å². The molecule has 0 aliphatic rings. The molecular weight excluding hydrogens is 250 g/mol. The van der Waals surface area contributed by atoms with Gasteiger partial charge in [0.2, 0.25) is 10.0 Å². The summed E-state index contributed by atoms with van der Waals surface area (Å²) in [7, 11) is -3.40. The van der Waals surface area contributed by atoms with E-state index in [1.165, 1.54) is 0 Å². The highest BCUT2D eigenvalue weighted by Crippen LogP contribution is 2.14. The van der Waals surface area contributed by atoms with Crippen LogP contribution in [0.3, 0.4) is 0 Å². The number of nitrogens with one attached hydrogen (secondary N) is 1. The Morgan fingerprint density at radius 2 is 1.67 bits per heavy atom. The molecule has 0 unspecified atom stereocenters. The Bertz CT molecular complexity index is 463. The van der Waals surface area contributed by atoms with Gasteiger partial charge in [-0.05, 0) is 56.4 Å². The number of hydrogen-bond acceptors (Lipinski definition) is 3. The number of aryl methyl sites for hydroxylation is 2. The average Bonchev–Trinajstić information content (AvgIpc) is 2.27. The van der Waals surface area contributed by atoms with Crippen LogP contribution in [0.4, 0.5) is 0 Å². The van der Waals surface area contributed by atoms with E-state index in [2.05, 4.69) is 4.72 Å². The fraction of sp³-hybridized carbons (Fsp3) is 0.538. The molecule has 1 rings (SSSR count). The molecule has 0 fully saturated rings. The smallest absolute Gasteiger partial charge is 0.240 e. The molecule has 0 atom stereocenters. The first kappa shape index (κ1) is 15.1. The van der Waals surface area contributed by atoms with Crippen LogP contribution in [-0.2, 0) is 10.0 Å². The minimum absolute atomic E-state index is 0.157. The van der Waals surface area contributed by atoms with Crippen molar-refractivity contribution in [2.24, 2.45) is 0 Å². The zero-order valence-corrected chi connectivity index (χ0v) is 11.8. The van der Waals surface area contributed by atoms with Crippen LogP contribution in [0.1, 0.15) is 30.4 Å². The topological polar surface area (TPSA) is 66.4 Å². The van der Waals surface area contributed by atoms with E-state index in [1.54, 1.807) is 12.1 Å². The van der Waals surface area contributed by atoms with Gasteiger partial charge in [-0.2, -0.15) is 0 Å². The Labute approximate surface area is 109 Å². The number of aliphatic hydroxyl groups is 1. The van der Waals surface area contributed by atoms with Crippen LogP contribution >= 0.6 is 0 Å². The average molecular weight is 271 g/mol. The molecule has 0 saturated heterocycles. The molecule has 0 radical (unpaired) electrons.